The Morgan fingerprint density at radius 1 is 0.765 bits per heavy atom. The average molecular weight is 701 g/mol. The summed E-state index contributed by atoms with van der Waals surface area (Å²) in [7, 11) is 0. The van der Waals surface area contributed by atoms with Gasteiger partial charge >= 0.3 is 6.09 Å². The molecule has 0 unspecified atom stereocenters. The van der Waals surface area contributed by atoms with E-state index in [0.717, 1.165) is 22.2 Å². The van der Waals surface area contributed by atoms with Crippen LogP contribution in [0.4, 0.5) is 4.79 Å². The molecule has 0 fully saturated rings. The van der Waals surface area contributed by atoms with Gasteiger partial charge in [0, 0.05) is 13.1 Å². The van der Waals surface area contributed by atoms with E-state index < -0.39 is 47.9 Å². The molecule has 51 heavy (non-hydrogen) atoms. The summed E-state index contributed by atoms with van der Waals surface area (Å²) in [5.74, 6) is -0.530. The molecule has 1 heterocycles. The molecule has 0 saturated carbocycles. The molecule has 0 aliphatic heterocycles. The quantitative estimate of drug-likeness (QED) is 0.0877. The van der Waals surface area contributed by atoms with Crippen LogP contribution in [0.2, 0.25) is 0 Å². The minimum absolute atomic E-state index is 0.0262. The number of nitrogens with zero attached hydrogens (tertiary/aromatic N) is 1. The highest BCUT2D eigenvalue weighted by Gasteiger charge is 2.30. The zero-order valence-electron chi connectivity index (χ0n) is 30.1. The van der Waals surface area contributed by atoms with E-state index in [1.807, 2.05) is 98.8 Å². The second kappa shape index (κ2) is 18.5. The van der Waals surface area contributed by atoms with Crippen LogP contribution in [-0.2, 0) is 33.6 Å². The van der Waals surface area contributed by atoms with Gasteiger partial charge in [-0.2, -0.15) is 0 Å². The zero-order valence-corrected chi connectivity index (χ0v) is 30.1. The fourth-order valence-electron chi connectivity index (χ4n) is 5.70. The number of H-pyrrole nitrogens is 1. The first-order valence-corrected chi connectivity index (χ1v) is 17.4. The van der Waals surface area contributed by atoms with Crippen molar-refractivity contribution in [3.63, 3.8) is 0 Å². The zero-order chi connectivity index (χ0) is 37.0. The summed E-state index contributed by atoms with van der Waals surface area (Å²) >= 11 is 0. The maximum atomic E-state index is 13.7. The highest BCUT2D eigenvalue weighted by atomic mass is 16.6. The van der Waals surface area contributed by atoms with E-state index in [2.05, 4.69) is 31.2 Å². The first kappa shape index (κ1) is 39.0. The average Bonchev–Trinajstić information content (AvgIpc) is 3.48. The predicted octanol–water partition coefficient (Wildman–Crippen LogP) is 3.42. The van der Waals surface area contributed by atoms with Crippen molar-refractivity contribution in [3.8, 4) is 0 Å². The molecular formula is C39H52N6O6. The third-order valence-electron chi connectivity index (χ3n) is 8.29. The van der Waals surface area contributed by atoms with Crippen LogP contribution in [0.3, 0.4) is 0 Å². The number of aliphatic hydroxyl groups excluding tert-OH is 2. The first-order chi connectivity index (χ1) is 24.3. The molecule has 0 aliphatic rings. The van der Waals surface area contributed by atoms with Gasteiger partial charge in [-0.3, -0.25) is 9.59 Å². The van der Waals surface area contributed by atoms with Gasteiger partial charge in [-0.1, -0.05) is 86.6 Å². The molecule has 3 aromatic carbocycles. The number of nitrogens with one attached hydrogen (secondary N) is 5. The van der Waals surface area contributed by atoms with Gasteiger partial charge in [-0.05, 0) is 62.8 Å². The van der Waals surface area contributed by atoms with Crippen molar-refractivity contribution in [2.45, 2.75) is 89.8 Å². The Hall–Kier alpha value is -4.78. The number of hydrogen-bond donors (Lipinski definition) is 7. The number of carbonyl (C=O) groups excluding carboxylic acids is 3. The van der Waals surface area contributed by atoms with Crippen LogP contribution in [0, 0.1) is 5.92 Å². The van der Waals surface area contributed by atoms with Crippen LogP contribution in [0.25, 0.3) is 11.0 Å². The fraction of sp³-hybridized carbons (Fsp3) is 0.436. The van der Waals surface area contributed by atoms with E-state index in [1.54, 1.807) is 20.8 Å². The minimum Gasteiger partial charge on any atom is -0.444 e. The van der Waals surface area contributed by atoms with Gasteiger partial charge < -0.3 is 41.2 Å². The number of benzene rings is 3. The number of ether oxygens (including phenoxy) is 1. The Morgan fingerprint density at radius 2 is 1.29 bits per heavy atom. The fourth-order valence-corrected chi connectivity index (χ4v) is 5.70. The van der Waals surface area contributed by atoms with Crippen molar-refractivity contribution < 1.29 is 29.3 Å². The third kappa shape index (κ3) is 12.8. The Kier molecular flexibility index (Phi) is 14.1. The van der Waals surface area contributed by atoms with Crippen molar-refractivity contribution in [2.75, 3.05) is 13.1 Å². The molecule has 5 atom stereocenters. The highest BCUT2D eigenvalue weighted by molar-refractivity contribution is 5.89. The number of aromatic nitrogens is 2. The maximum Gasteiger partial charge on any atom is 0.407 e. The molecule has 4 aromatic rings. The number of aliphatic hydroxyl groups is 2. The summed E-state index contributed by atoms with van der Waals surface area (Å²) < 4.78 is 5.43. The van der Waals surface area contributed by atoms with Crippen LogP contribution in [0.5, 0.6) is 0 Å². The standard InChI is InChI=1S/C39H52N6O6/c1-25(2)36(45-35(48)22-34-41-28-18-12-13-19-29(28)42-34)37(49)43-30(20-26-14-8-6-9-15-26)32(46)23-40-24-33(47)31(21-27-16-10-7-11-17-27)44-38(50)51-39(3,4)5/h6-19,25,30-33,36,40,46-47H,20-24H2,1-5H3,(H,41,42)(H,43,49)(H,44,50)(H,45,48)/t30-,31-,32+,33+,36-/m0/s1. The molecular weight excluding hydrogens is 648 g/mol. The van der Waals surface area contributed by atoms with Gasteiger partial charge in [-0.15, -0.1) is 0 Å². The third-order valence-corrected chi connectivity index (χ3v) is 8.29. The molecule has 0 radical (unpaired) electrons. The molecule has 3 amide bonds. The Balaban J connectivity index is 1.39. The van der Waals surface area contributed by atoms with E-state index in [1.165, 1.54) is 0 Å². The highest BCUT2D eigenvalue weighted by Crippen LogP contribution is 2.14. The van der Waals surface area contributed by atoms with Gasteiger partial charge in [-0.25, -0.2) is 9.78 Å². The number of rotatable bonds is 17. The van der Waals surface area contributed by atoms with E-state index >= 15 is 0 Å². The summed E-state index contributed by atoms with van der Waals surface area (Å²) in [6, 6.07) is 24.2. The second-order valence-electron chi connectivity index (χ2n) is 14.2. The summed E-state index contributed by atoms with van der Waals surface area (Å²) in [6.45, 7) is 9.06. The predicted molar refractivity (Wildman–Crippen MR) is 197 cm³/mol. The molecule has 0 saturated heterocycles. The van der Waals surface area contributed by atoms with Crippen LogP contribution >= 0.6 is 0 Å². The van der Waals surface area contributed by atoms with Crippen LogP contribution in [0.15, 0.2) is 84.9 Å². The van der Waals surface area contributed by atoms with Crippen molar-refractivity contribution in [2.24, 2.45) is 5.92 Å². The molecule has 0 aliphatic carbocycles. The second-order valence-corrected chi connectivity index (χ2v) is 14.2. The molecule has 0 bridgehead atoms. The van der Waals surface area contributed by atoms with Gasteiger partial charge in [0.25, 0.3) is 0 Å². The van der Waals surface area contributed by atoms with E-state index in [9.17, 15) is 24.6 Å². The molecule has 12 nitrogen and oxygen atoms in total. The number of aromatic amines is 1. The lowest BCUT2D eigenvalue weighted by atomic mass is 9.98. The topological polar surface area (TPSA) is 178 Å². The number of fused-ring (bicyclic) bond motifs is 1. The van der Waals surface area contributed by atoms with Crippen molar-refractivity contribution in [1.82, 2.24) is 31.2 Å². The number of para-hydroxylation sites is 2. The number of carbonyl (C=O) groups is 3. The largest absolute Gasteiger partial charge is 0.444 e. The number of hydrogen-bond acceptors (Lipinski definition) is 8. The number of amides is 3. The normalized spacial score (nSPS) is 14.7. The van der Waals surface area contributed by atoms with E-state index in [-0.39, 0.29) is 31.3 Å². The van der Waals surface area contributed by atoms with Gasteiger partial charge in [0.2, 0.25) is 11.8 Å². The van der Waals surface area contributed by atoms with Crippen LogP contribution < -0.4 is 21.3 Å². The lowest BCUT2D eigenvalue weighted by molar-refractivity contribution is -0.130. The van der Waals surface area contributed by atoms with E-state index in [0.29, 0.717) is 18.7 Å². The van der Waals surface area contributed by atoms with Crippen molar-refractivity contribution in [1.29, 1.82) is 0 Å². The Morgan fingerprint density at radius 3 is 1.82 bits per heavy atom. The Bertz CT molecular complexity index is 1660. The van der Waals surface area contributed by atoms with Crippen molar-refractivity contribution in [3.05, 3.63) is 102 Å². The van der Waals surface area contributed by atoms with E-state index in [4.69, 9.17) is 4.74 Å². The van der Waals surface area contributed by atoms with Crippen LogP contribution in [0.1, 0.15) is 51.6 Å². The lowest BCUT2D eigenvalue weighted by Gasteiger charge is -2.30. The summed E-state index contributed by atoms with van der Waals surface area (Å²) in [5, 5.41) is 34.3. The van der Waals surface area contributed by atoms with Crippen molar-refractivity contribution >= 4 is 28.9 Å². The minimum atomic E-state index is -1.06. The van der Waals surface area contributed by atoms with Gasteiger partial charge in [0.1, 0.15) is 17.5 Å². The number of alkyl carbamates (subject to hydrolysis) is 1. The Labute approximate surface area is 299 Å². The summed E-state index contributed by atoms with van der Waals surface area (Å²) in [6.07, 6.45) is -2.07. The lowest BCUT2D eigenvalue weighted by Crippen LogP contribution is -2.57. The van der Waals surface area contributed by atoms with Gasteiger partial charge in [0.05, 0.1) is 41.7 Å². The van der Waals surface area contributed by atoms with Gasteiger partial charge in [0.15, 0.2) is 0 Å². The molecule has 274 valence electrons. The summed E-state index contributed by atoms with van der Waals surface area (Å²) in [5.41, 5.74) is 2.69. The molecule has 0 spiro atoms. The molecule has 4 rings (SSSR count). The maximum absolute atomic E-state index is 13.7. The monoisotopic (exact) mass is 700 g/mol. The smallest absolute Gasteiger partial charge is 0.407 e. The SMILES string of the molecule is CC(C)[C@H](NC(=O)Cc1nc2ccccc2[nH]1)C(=O)N[C@@H](Cc1ccccc1)[C@H](O)CNC[C@@H](O)[C@H](Cc1ccccc1)NC(=O)OC(C)(C)C. The molecule has 7 N–H and O–H groups in total. The summed E-state index contributed by atoms with van der Waals surface area (Å²) in [4.78, 5) is 47.0. The van der Waals surface area contributed by atoms with Crippen LogP contribution in [-0.4, -0.2) is 87.1 Å². The number of imidazole rings is 1. The molecule has 1 aromatic heterocycles. The first-order valence-electron chi connectivity index (χ1n) is 17.4. The molecule has 12 heteroatoms.